The van der Waals surface area contributed by atoms with Gasteiger partial charge in [-0.2, -0.15) is 4.37 Å². The summed E-state index contributed by atoms with van der Waals surface area (Å²) >= 11 is 13.1. The van der Waals surface area contributed by atoms with Gasteiger partial charge < -0.3 is 5.32 Å². The number of para-hydroxylation sites is 2. The van der Waals surface area contributed by atoms with Crippen LogP contribution in [0.25, 0.3) is 5.69 Å². The van der Waals surface area contributed by atoms with E-state index in [1.165, 1.54) is 4.57 Å². The molecule has 1 N–H and O–H groups in total. The summed E-state index contributed by atoms with van der Waals surface area (Å²) in [5.74, 6) is 0.381. The SMILES string of the molecule is O=c1snc(Nc2ccccc2Cl)n1-c1ccccc1Cl. The van der Waals surface area contributed by atoms with Crippen LogP contribution in [0.15, 0.2) is 53.3 Å². The standard InChI is InChI=1S/C14H9Cl2N3OS/c15-9-5-1-3-7-11(9)17-13-18-21-14(20)19(13)12-8-4-2-6-10(12)16/h1-8H,(H,17,18). The lowest BCUT2D eigenvalue weighted by molar-refractivity contribution is 1.03. The fourth-order valence-electron chi connectivity index (χ4n) is 1.86. The van der Waals surface area contributed by atoms with Crippen LogP contribution in [0.2, 0.25) is 10.0 Å². The number of halogens is 2. The van der Waals surface area contributed by atoms with Crippen LogP contribution < -0.4 is 10.2 Å². The minimum Gasteiger partial charge on any atom is -0.323 e. The summed E-state index contributed by atoms with van der Waals surface area (Å²) in [6.07, 6.45) is 0. The fraction of sp³-hybridized carbons (Fsp3) is 0. The van der Waals surface area contributed by atoms with Gasteiger partial charge in [0, 0.05) is 11.5 Å². The molecule has 0 unspecified atom stereocenters. The summed E-state index contributed by atoms with van der Waals surface area (Å²) in [6.45, 7) is 0. The monoisotopic (exact) mass is 337 g/mol. The number of aromatic nitrogens is 2. The van der Waals surface area contributed by atoms with Gasteiger partial charge in [0.1, 0.15) is 0 Å². The fourth-order valence-corrected chi connectivity index (χ4v) is 2.82. The predicted molar refractivity (Wildman–Crippen MR) is 87.5 cm³/mol. The van der Waals surface area contributed by atoms with Crippen molar-refractivity contribution in [2.45, 2.75) is 0 Å². The number of benzene rings is 2. The van der Waals surface area contributed by atoms with Crippen molar-refractivity contribution in [3.8, 4) is 5.69 Å². The number of hydrogen-bond acceptors (Lipinski definition) is 4. The lowest BCUT2D eigenvalue weighted by atomic mass is 10.3. The van der Waals surface area contributed by atoms with Crippen molar-refractivity contribution in [2.75, 3.05) is 5.32 Å². The molecular formula is C14H9Cl2N3OS. The van der Waals surface area contributed by atoms with E-state index >= 15 is 0 Å². The topological polar surface area (TPSA) is 46.9 Å². The van der Waals surface area contributed by atoms with E-state index in [2.05, 4.69) is 9.69 Å². The van der Waals surface area contributed by atoms with Crippen LogP contribution >= 0.6 is 34.7 Å². The first-order valence-corrected chi connectivity index (χ1v) is 7.55. The molecule has 0 saturated carbocycles. The Labute approximate surface area is 134 Å². The molecule has 0 radical (unpaired) electrons. The third kappa shape index (κ3) is 2.81. The Balaban J connectivity index is 2.09. The van der Waals surface area contributed by atoms with Crippen LogP contribution in [0, 0.1) is 0 Å². The summed E-state index contributed by atoms with van der Waals surface area (Å²) in [4.78, 5) is 11.8. The maximum atomic E-state index is 12.1. The van der Waals surface area contributed by atoms with Crippen molar-refractivity contribution < 1.29 is 0 Å². The number of rotatable bonds is 3. The molecule has 0 aliphatic rings. The molecule has 3 rings (SSSR count). The van der Waals surface area contributed by atoms with Gasteiger partial charge in [0.15, 0.2) is 0 Å². The molecule has 0 atom stereocenters. The second-order valence-corrected chi connectivity index (χ2v) is 5.69. The maximum absolute atomic E-state index is 12.1. The maximum Gasteiger partial charge on any atom is 0.332 e. The quantitative estimate of drug-likeness (QED) is 0.773. The Morgan fingerprint density at radius 1 is 1.00 bits per heavy atom. The van der Waals surface area contributed by atoms with Crippen molar-refractivity contribution >= 4 is 46.4 Å². The van der Waals surface area contributed by atoms with E-state index in [9.17, 15) is 4.79 Å². The van der Waals surface area contributed by atoms with Crippen LogP contribution in [-0.2, 0) is 0 Å². The van der Waals surface area contributed by atoms with E-state index < -0.39 is 0 Å². The molecule has 1 heterocycles. The molecular weight excluding hydrogens is 329 g/mol. The van der Waals surface area contributed by atoms with Crippen LogP contribution in [0.5, 0.6) is 0 Å². The second-order valence-electron chi connectivity index (χ2n) is 4.16. The summed E-state index contributed by atoms with van der Waals surface area (Å²) in [6, 6.07) is 14.3. The lowest BCUT2D eigenvalue weighted by Gasteiger charge is -2.10. The minimum absolute atomic E-state index is 0.224. The van der Waals surface area contributed by atoms with E-state index in [-0.39, 0.29) is 4.87 Å². The highest BCUT2D eigenvalue weighted by Crippen LogP contribution is 2.27. The van der Waals surface area contributed by atoms with Gasteiger partial charge in [-0.05, 0) is 24.3 Å². The van der Waals surface area contributed by atoms with E-state index in [4.69, 9.17) is 23.2 Å². The third-order valence-electron chi connectivity index (χ3n) is 2.82. The van der Waals surface area contributed by atoms with Crippen molar-refractivity contribution in [1.29, 1.82) is 0 Å². The zero-order valence-electron chi connectivity index (χ0n) is 10.6. The van der Waals surface area contributed by atoms with Gasteiger partial charge in [-0.15, -0.1) is 0 Å². The largest absolute Gasteiger partial charge is 0.332 e. The molecule has 0 aliphatic heterocycles. The van der Waals surface area contributed by atoms with E-state index in [0.717, 1.165) is 11.5 Å². The van der Waals surface area contributed by atoms with Crippen LogP contribution in [-0.4, -0.2) is 8.94 Å². The Bertz CT molecular complexity index is 844. The van der Waals surface area contributed by atoms with Gasteiger partial charge in [-0.1, -0.05) is 47.5 Å². The number of nitrogens with zero attached hydrogens (tertiary/aromatic N) is 2. The zero-order chi connectivity index (χ0) is 14.8. The number of anilines is 2. The molecule has 1 aromatic heterocycles. The molecule has 4 nitrogen and oxygen atoms in total. The van der Waals surface area contributed by atoms with Crippen LogP contribution in [0.3, 0.4) is 0 Å². The molecule has 3 aromatic rings. The molecule has 0 fully saturated rings. The molecule has 7 heteroatoms. The Morgan fingerprint density at radius 3 is 2.38 bits per heavy atom. The van der Waals surface area contributed by atoms with Gasteiger partial charge in [-0.3, -0.25) is 4.79 Å². The lowest BCUT2D eigenvalue weighted by Crippen LogP contribution is -2.13. The smallest absolute Gasteiger partial charge is 0.323 e. The van der Waals surface area contributed by atoms with E-state index in [1.807, 2.05) is 24.3 Å². The van der Waals surface area contributed by atoms with Crippen LogP contribution in [0.1, 0.15) is 0 Å². The van der Waals surface area contributed by atoms with Gasteiger partial charge in [0.05, 0.1) is 21.4 Å². The van der Waals surface area contributed by atoms with Gasteiger partial charge in [-0.25, -0.2) is 4.57 Å². The first-order valence-electron chi connectivity index (χ1n) is 6.02. The highest BCUT2D eigenvalue weighted by Gasteiger charge is 2.14. The van der Waals surface area contributed by atoms with Crippen molar-refractivity contribution in [3.05, 3.63) is 68.2 Å². The normalized spacial score (nSPS) is 10.6. The molecule has 0 spiro atoms. The van der Waals surface area contributed by atoms with Crippen LogP contribution in [0.4, 0.5) is 11.6 Å². The minimum atomic E-state index is -0.224. The van der Waals surface area contributed by atoms with E-state index in [0.29, 0.717) is 27.4 Å². The Morgan fingerprint density at radius 2 is 1.67 bits per heavy atom. The third-order valence-corrected chi connectivity index (χ3v) is 4.07. The molecule has 0 bridgehead atoms. The average molecular weight is 338 g/mol. The van der Waals surface area contributed by atoms with E-state index in [1.54, 1.807) is 24.3 Å². The summed E-state index contributed by atoms with van der Waals surface area (Å²) in [7, 11) is 0. The Kier molecular flexibility index (Phi) is 3.96. The first kappa shape index (κ1) is 14.1. The molecule has 106 valence electrons. The van der Waals surface area contributed by atoms with Crippen molar-refractivity contribution in [2.24, 2.45) is 0 Å². The number of nitrogens with one attached hydrogen (secondary N) is 1. The van der Waals surface area contributed by atoms with Crippen molar-refractivity contribution in [1.82, 2.24) is 8.94 Å². The first-order chi connectivity index (χ1) is 10.2. The second kappa shape index (κ2) is 5.89. The van der Waals surface area contributed by atoms with Crippen molar-refractivity contribution in [3.63, 3.8) is 0 Å². The van der Waals surface area contributed by atoms with Gasteiger partial charge in [0.25, 0.3) is 0 Å². The predicted octanol–water partition coefficient (Wildman–Crippen LogP) is 4.34. The Hall–Kier alpha value is -1.82. The summed E-state index contributed by atoms with van der Waals surface area (Å²) in [5.41, 5.74) is 1.25. The average Bonchev–Trinajstić information content (AvgIpc) is 2.83. The highest BCUT2D eigenvalue weighted by atomic mass is 35.5. The molecule has 21 heavy (non-hydrogen) atoms. The van der Waals surface area contributed by atoms with Gasteiger partial charge in [0.2, 0.25) is 5.95 Å². The molecule has 0 aliphatic carbocycles. The van der Waals surface area contributed by atoms with Gasteiger partial charge >= 0.3 is 4.87 Å². The molecule has 2 aromatic carbocycles. The highest BCUT2D eigenvalue weighted by molar-refractivity contribution is 7.03. The summed E-state index contributed by atoms with van der Waals surface area (Å²) in [5, 5.41) is 4.08. The summed E-state index contributed by atoms with van der Waals surface area (Å²) < 4.78 is 5.56. The molecule has 0 amide bonds. The molecule has 0 saturated heterocycles. The zero-order valence-corrected chi connectivity index (χ0v) is 12.9. The number of hydrogen-bond donors (Lipinski definition) is 1.